The Morgan fingerprint density at radius 2 is 2.00 bits per heavy atom. The van der Waals surface area contributed by atoms with Crippen LogP contribution in [0.5, 0.6) is 5.75 Å². The van der Waals surface area contributed by atoms with Crippen LogP contribution in [0.2, 0.25) is 5.02 Å². The molecule has 1 saturated carbocycles. The number of aryl methyl sites for hydroxylation is 1. The van der Waals surface area contributed by atoms with Gasteiger partial charge in [0.1, 0.15) is 11.4 Å². The molecule has 6 rings (SSSR count). The molecule has 0 saturated heterocycles. The maximum absolute atomic E-state index is 14.9. The molecule has 2 heterocycles. The van der Waals surface area contributed by atoms with Gasteiger partial charge in [0.25, 0.3) is 5.91 Å². The highest BCUT2D eigenvalue weighted by atomic mass is 35.5. The summed E-state index contributed by atoms with van der Waals surface area (Å²) < 4.78 is 41.0. The monoisotopic (exact) mass is 740 g/mol. The molecule has 51 heavy (non-hydrogen) atoms. The van der Waals surface area contributed by atoms with Crippen molar-refractivity contribution in [3.05, 3.63) is 64.7 Å². The maximum atomic E-state index is 14.9. The molecule has 2 aliphatic carbocycles. The van der Waals surface area contributed by atoms with E-state index in [9.17, 15) is 13.8 Å². The number of nitrogens with one attached hydrogen (secondary N) is 1. The molecule has 12 heteroatoms. The van der Waals surface area contributed by atoms with Crippen molar-refractivity contribution < 1.29 is 28.0 Å². The summed E-state index contributed by atoms with van der Waals surface area (Å²) >= 11 is 6.48. The molecule has 2 bridgehead atoms. The lowest BCUT2D eigenvalue weighted by Crippen LogP contribution is -2.49. The molecule has 1 fully saturated rings. The third-order valence-corrected chi connectivity index (χ3v) is 12.9. The minimum absolute atomic E-state index is 0.116. The maximum Gasteiger partial charge on any atom is 0.287 e. The van der Waals surface area contributed by atoms with Crippen LogP contribution in [0.15, 0.2) is 57.8 Å². The molecule has 1 unspecified atom stereocenters. The Labute approximate surface area is 308 Å². The average Bonchev–Trinajstić information content (AvgIpc) is 3.20. The predicted octanol–water partition coefficient (Wildman–Crippen LogP) is 6.19. The molecule has 0 aromatic heterocycles. The van der Waals surface area contributed by atoms with Crippen LogP contribution in [0.25, 0.3) is 0 Å². The van der Waals surface area contributed by atoms with E-state index < -0.39 is 33.2 Å². The lowest BCUT2D eigenvalue weighted by molar-refractivity contribution is -0.137. The highest BCUT2D eigenvalue weighted by Gasteiger charge is 2.45. The minimum atomic E-state index is -3.76. The van der Waals surface area contributed by atoms with Gasteiger partial charge in [-0.2, -0.15) is 0 Å². The van der Waals surface area contributed by atoms with Gasteiger partial charge in [-0.3, -0.25) is 14.3 Å². The Balaban J connectivity index is 1.48. The number of hydrogen-bond donors (Lipinski definition) is 1. The highest BCUT2D eigenvalue weighted by Crippen LogP contribution is 2.47. The Bertz CT molecular complexity index is 1790. The van der Waals surface area contributed by atoms with Crippen LogP contribution >= 0.6 is 11.6 Å². The lowest BCUT2D eigenvalue weighted by atomic mass is 9.68. The van der Waals surface area contributed by atoms with E-state index in [-0.39, 0.29) is 28.9 Å². The fourth-order valence-corrected chi connectivity index (χ4v) is 9.57. The van der Waals surface area contributed by atoms with E-state index in [1.165, 1.54) is 11.1 Å². The van der Waals surface area contributed by atoms with Gasteiger partial charge in [-0.25, -0.2) is 4.21 Å². The molecule has 2 aromatic rings. The number of ether oxygens (including phenoxy) is 3. The van der Waals surface area contributed by atoms with Gasteiger partial charge < -0.3 is 24.0 Å². The Morgan fingerprint density at radius 3 is 2.73 bits per heavy atom. The minimum Gasteiger partial charge on any atom is -0.490 e. The molecule has 0 radical (unpaired) electrons. The number of halogens is 1. The van der Waals surface area contributed by atoms with E-state index in [4.69, 9.17) is 25.8 Å². The van der Waals surface area contributed by atoms with Gasteiger partial charge in [0.2, 0.25) is 5.91 Å². The average molecular weight is 741 g/mol. The zero-order chi connectivity index (χ0) is 36.6. The summed E-state index contributed by atoms with van der Waals surface area (Å²) in [7, 11) is 0.313. The Kier molecular flexibility index (Phi) is 11.2. The van der Waals surface area contributed by atoms with E-state index >= 15 is 0 Å². The zero-order valence-corrected chi connectivity index (χ0v) is 32.4. The largest absolute Gasteiger partial charge is 0.490 e. The van der Waals surface area contributed by atoms with Crippen LogP contribution in [0.4, 0.5) is 5.69 Å². The number of nitrogens with zero attached hydrogens (tertiary/aromatic N) is 3. The first-order valence-corrected chi connectivity index (χ1v) is 20.1. The molecule has 10 nitrogen and oxygen atoms in total. The topological polar surface area (TPSA) is 110 Å². The van der Waals surface area contributed by atoms with Gasteiger partial charge in [-0.15, -0.1) is 4.36 Å². The van der Waals surface area contributed by atoms with Gasteiger partial charge in [0.05, 0.1) is 36.5 Å². The van der Waals surface area contributed by atoms with Gasteiger partial charge >= 0.3 is 0 Å². The number of hydrogen-bond acceptors (Lipinski definition) is 8. The number of amides is 2. The number of carbonyl (C=O) groups is 2. The van der Waals surface area contributed by atoms with E-state index in [1.807, 2.05) is 32.3 Å². The molecule has 1 N–H and O–H groups in total. The number of fused-ring (bicyclic) bond motifs is 4. The SMILES string of the molecule is CC(C)C(=O)NS1(=O)=NC(=O)C(C)(C)OC/C=C\[C@H](OCCN(C)C)[C@@H]2CC[C@H]2CN2C[C@@]3(CCCc4cc(Cl)ccc43)COc3ccc1cc32. The molecule has 4 aliphatic rings. The standard InChI is InChI=1S/C39H53ClN4O6S/c1-26(2)36(45)41-51(47)30-13-16-35-33(22-30)44(24-39(25-49-35)17-7-9-27-21-29(40)12-15-32(27)39)23-28-11-14-31(28)34(48-20-18-43(5)6)10-8-19-50-38(3,4)37(46)42-51/h8,10,12-13,15-16,21-22,26,28,31,34H,7,9,11,14,17-20,23-25H2,1-6H3,(H,41,42,45,46,47)/b10-8-/t28-,31+,34-,39-,51?/m0/s1. The van der Waals surface area contributed by atoms with Crippen molar-refractivity contribution in [1.82, 2.24) is 9.62 Å². The molecular formula is C39H53ClN4O6S. The molecule has 5 atom stereocenters. The number of benzene rings is 2. The highest BCUT2D eigenvalue weighted by molar-refractivity contribution is 7.92. The quantitative estimate of drug-likeness (QED) is 0.350. The number of rotatable bonds is 6. The smallest absolute Gasteiger partial charge is 0.287 e. The van der Waals surface area contributed by atoms with Gasteiger partial charge in [-0.05, 0) is 113 Å². The third-order valence-electron chi connectivity index (χ3n) is 10.9. The van der Waals surface area contributed by atoms with Gasteiger partial charge in [0, 0.05) is 36.0 Å². The van der Waals surface area contributed by atoms with Gasteiger partial charge in [-0.1, -0.05) is 43.7 Å². The summed E-state index contributed by atoms with van der Waals surface area (Å²) in [6.07, 6.45) is 8.87. The van der Waals surface area contributed by atoms with Crippen molar-refractivity contribution in [2.75, 3.05) is 58.5 Å². The van der Waals surface area contributed by atoms with Crippen molar-refractivity contribution in [2.24, 2.45) is 22.1 Å². The van der Waals surface area contributed by atoms with Crippen LogP contribution in [-0.4, -0.2) is 86.2 Å². The Morgan fingerprint density at radius 1 is 1.20 bits per heavy atom. The van der Waals surface area contributed by atoms with E-state index in [0.717, 1.165) is 55.9 Å². The molecular weight excluding hydrogens is 688 g/mol. The first kappa shape index (κ1) is 37.8. The third kappa shape index (κ3) is 8.18. The van der Waals surface area contributed by atoms with E-state index in [2.05, 4.69) is 37.1 Å². The predicted molar refractivity (Wildman–Crippen MR) is 201 cm³/mol. The Hall–Kier alpha value is -2.96. The fourth-order valence-electron chi connectivity index (χ4n) is 7.62. The number of anilines is 1. The summed E-state index contributed by atoms with van der Waals surface area (Å²) in [5.74, 6) is -0.411. The van der Waals surface area contributed by atoms with Crippen LogP contribution in [0, 0.1) is 17.8 Å². The normalized spacial score (nSPS) is 29.6. The summed E-state index contributed by atoms with van der Waals surface area (Å²) in [4.78, 5) is 31.6. The van der Waals surface area contributed by atoms with E-state index in [1.54, 1.807) is 39.8 Å². The number of likely N-dealkylation sites (N-methyl/N-ethyl adjacent to an activating group) is 1. The van der Waals surface area contributed by atoms with Crippen molar-refractivity contribution >= 4 is 39.0 Å². The zero-order valence-electron chi connectivity index (χ0n) is 30.8. The van der Waals surface area contributed by atoms with Crippen molar-refractivity contribution in [3.8, 4) is 5.75 Å². The molecule has 2 amide bonds. The number of carbonyl (C=O) groups excluding carboxylic acids is 2. The van der Waals surface area contributed by atoms with Crippen LogP contribution < -0.4 is 14.4 Å². The fraction of sp³-hybridized carbons (Fsp3) is 0.590. The summed E-state index contributed by atoms with van der Waals surface area (Å²) in [6, 6.07) is 11.5. The molecule has 2 aromatic carbocycles. The summed E-state index contributed by atoms with van der Waals surface area (Å²) in [6.45, 7) is 10.1. The van der Waals surface area contributed by atoms with Gasteiger partial charge in [0.15, 0.2) is 9.92 Å². The lowest BCUT2D eigenvalue weighted by Gasteiger charge is -2.46. The second kappa shape index (κ2) is 15.2. The van der Waals surface area contributed by atoms with Crippen LogP contribution in [0.3, 0.4) is 0 Å². The van der Waals surface area contributed by atoms with Crippen LogP contribution in [-0.2, 0) is 40.8 Å². The molecule has 2 aliphatic heterocycles. The van der Waals surface area contributed by atoms with Crippen molar-refractivity contribution in [3.63, 3.8) is 0 Å². The molecule has 1 spiro atoms. The second-order valence-electron chi connectivity index (χ2n) is 15.7. The summed E-state index contributed by atoms with van der Waals surface area (Å²) in [5, 5.41) is 0.731. The first-order chi connectivity index (χ1) is 24.2. The van der Waals surface area contributed by atoms with Crippen LogP contribution in [0.1, 0.15) is 64.5 Å². The second-order valence-corrected chi connectivity index (χ2v) is 18.0. The first-order valence-electron chi connectivity index (χ1n) is 18.2. The summed E-state index contributed by atoms with van der Waals surface area (Å²) in [5.41, 5.74) is 1.58. The van der Waals surface area contributed by atoms with Crippen molar-refractivity contribution in [2.45, 2.75) is 81.8 Å². The molecule has 278 valence electrons. The van der Waals surface area contributed by atoms with E-state index in [0.29, 0.717) is 31.4 Å². The van der Waals surface area contributed by atoms with Crippen molar-refractivity contribution in [1.29, 1.82) is 0 Å².